The van der Waals surface area contributed by atoms with Gasteiger partial charge in [0.2, 0.25) is 0 Å². The lowest BCUT2D eigenvalue weighted by atomic mass is 10.1. The summed E-state index contributed by atoms with van der Waals surface area (Å²) in [6, 6.07) is 0.136. The molecular weight excluding hydrogens is 415 g/mol. The van der Waals surface area contributed by atoms with E-state index in [1.165, 1.54) is 5.48 Å². The van der Waals surface area contributed by atoms with Gasteiger partial charge in [-0.05, 0) is 23.9 Å². The number of nitrogens with zero attached hydrogens (tertiary/aromatic N) is 1. The monoisotopic (exact) mass is 430 g/mol. The average Bonchev–Trinajstić information content (AvgIpc) is 2.93. The first-order valence-electron chi connectivity index (χ1n) is 7.57. The molecule has 1 atom stereocenters. The van der Waals surface area contributed by atoms with E-state index in [0.717, 1.165) is 26.4 Å². The van der Waals surface area contributed by atoms with Crippen LogP contribution in [-0.2, 0) is 4.79 Å². The Hall–Kier alpha value is -2.28. The molecule has 7 nitrogen and oxygen atoms in total. The Balaban J connectivity index is 2.49. The molecule has 2 rings (SSSR count). The van der Waals surface area contributed by atoms with Crippen LogP contribution in [0.4, 0.5) is 22.0 Å². The zero-order valence-corrected chi connectivity index (χ0v) is 15.3. The number of halogens is 5. The molecule has 1 aliphatic rings. The van der Waals surface area contributed by atoms with E-state index >= 15 is 0 Å². The van der Waals surface area contributed by atoms with Crippen molar-refractivity contribution in [2.45, 2.75) is 28.8 Å². The van der Waals surface area contributed by atoms with Crippen molar-refractivity contribution in [3.8, 4) is 11.5 Å². The molecule has 0 unspecified atom stereocenters. The molecule has 156 valence electrons. The number of alkyl halides is 5. The van der Waals surface area contributed by atoms with E-state index in [9.17, 15) is 31.5 Å². The molecule has 1 aromatic carbocycles. The highest BCUT2D eigenvalue weighted by atomic mass is 32.2. The van der Waals surface area contributed by atoms with Crippen molar-refractivity contribution in [3.63, 3.8) is 0 Å². The Morgan fingerprint density at radius 3 is 2.43 bits per heavy atom. The van der Waals surface area contributed by atoms with Crippen LogP contribution in [0.1, 0.15) is 16.8 Å². The van der Waals surface area contributed by atoms with Crippen molar-refractivity contribution < 1.29 is 46.2 Å². The summed E-state index contributed by atoms with van der Waals surface area (Å²) in [6.45, 7) is -1.14. The summed E-state index contributed by atoms with van der Waals surface area (Å²) in [6.07, 6.45) is -1.04. The van der Waals surface area contributed by atoms with Crippen LogP contribution in [0.2, 0.25) is 0 Å². The number of hydrogen-bond donors (Lipinski definition) is 2. The highest BCUT2D eigenvalue weighted by Crippen LogP contribution is 2.46. The van der Waals surface area contributed by atoms with Crippen molar-refractivity contribution in [1.82, 2.24) is 10.4 Å². The van der Waals surface area contributed by atoms with Gasteiger partial charge in [-0.25, -0.2) is 14.3 Å². The second-order valence-electron chi connectivity index (χ2n) is 5.74. The summed E-state index contributed by atoms with van der Waals surface area (Å²) in [4.78, 5) is 24.3. The number of likely N-dealkylation sites (tertiary alicyclic amines) is 1. The van der Waals surface area contributed by atoms with Gasteiger partial charge in [0, 0.05) is 12.0 Å². The maximum Gasteiger partial charge on any atom is 0.446 e. The van der Waals surface area contributed by atoms with Crippen molar-refractivity contribution in [1.29, 1.82) is 0 Å². The summed E-state index contributed by atoms with van der Waals surface area (Å²) in [5.74, 6) is -6.30. The number of carbonyl (C=O) groups excluding carboxylic acids is 2. The first-order valence-corrected chi connectivity index (χ1v) is 8.38. The standard InChI is InChI=1S/C15H15F5N2O5S/c1-26-9-3-7(4-10(11(9)27-2)28-15(18,19)20)13(24)22-6-14(16,17)5-8(22)12(23)21-25/h3-4,8,25H,5-6H2,1-2H3,(H,21,23)/t8-/m1/s1. The fourth-order valence-corrected chi connectivity index (χ4v) is 3.47. The Morgan fingerprint density at radius 2 is 1.93 bits per heavy atom. The first-order chi connectivity index (χ1) is 12.9. The Kier molecular flexibility index (Phi) is 6.28. The van der Waals surface area contributed by atoms with Gasteiger partial charge in [-0.15, -0.1) is 0 Å². The summed E-state index contributed by atoms with van der Waals surface area (Å²) in [5.41, 5.74) is -3.94. The number of amides is 2. The van der Waals surface area contributed by atoms with E-state index < -0.39 is 64.5 Å². The highest BCUT2D eigenvalue weighted by Gasteiger charge is 2.50. The zero-order chi connectivity index (χ0) is 21.3. The van der Waals surface area contributed by atoms with Gasteiger partial charge in [-0.1, -0.05) is 0 Å². The van der Waals surface area contributed by atoms with Gasteiger partial charge < -0.3 is 14.4 Å². The lowest BCUT2D eigenvalue weighted by Gasteiger charge is -2.23. The quantitative estimate of drug-likeness (QED) is 0.323. The van der Waals surface area contributed by atoms with E-state index in [1.54, 1.807) is 0 Å². The molecule has 13 heteroatoms. The molecule has 0 aromatic heterocycles. The largest absolute Gasteiger partial charge is 0.493 e. The third kappa shape index (κ3) is 4.76. The normalized spacial score (nSPS) is 18.7. The summed E-state index contributed by atoms with van der Waals surface area (Å²) < 4.78 is 75.8. The summed E-state index contributed by atoms with van der Waals surface area (Å²) in [5, 5.41) is 8.71. The molecule has 1 saturated heterocycles. The van der Waals surface area contributed by atoms with Gasteiger partial charge in [0.1, 0.15) is 6.04 Å². The van der Waals surface area contributed by atoms with Crippen LogP contribution < -0.4 is 15.0 Å². The van der Waals surface area contributed by atoms with Crippen LogP contribution >= 0.6 is 11.8 Å². The molecule has 2 amide bonds. The number of carbonyl (C=O) groups is 2. The van der Waals surface area contributed by atoms with E-state index in [1.807, 2.05) is 0 Å². The second kappa shape index (κ2) is 7.99. The smallest absolute Gasteiger partial charge is 0.446 e. The van der Waals surface area contributed by atoms with Gasteiger partial charge in [-0.2, -0.15) is 13.2 Å². The average molecular weight is 430 g/mol. The molecule has 1 fully saturated rings. The molecule has 28 heavy (non-hydrogen) atoms. The molecule has 0 spiro atoms. The number of thioether (sulfide) groups is 1. The third-order valence-corrected chi connectivity index (χ3v) is 4.62. The maximum atomic E-state index is 13.7. The number of ether oxygens (including phenoxy) is 2. The van der Waals surface area contributed by atoms with Crippen LogP contribution in [-0.4, -0.2) is 60.2 Å². The van der Waals surface area contributed by atoms with Crippen LogP contribution in [0.25, 0.3) is 0 Å². The molecule has 0 bridgehead atoms. The lowest BCUT2D eigenvalue weighted by molar-refractivity contribution is -0.133. The van der Waals surface area contributed by atoms with Crippen molar-refractivity contribution in [2.24, 2.45) is 0 Å². The fourth-order valence-electron chi connectivity index (χ4n) is 2.76. The van der Waals surface area contributed by atoms with E-state index in [-0.39, 0.29) is 11.5 Å². The SMILES string of the molecule is COc1cc(C(=O)N2CC(F)(F)C[C@@H]2C(=O)NO)cc(SC(F)(F)F)c1OC. The molecule has 1 heterocycles. The number of nitrogens with one attached hydrogen (secondary N) is 1. The van der Waals surface area contributed by atoms with Crippen LogP contribution in [0.15, 0.2) is 17.0 Å². The van der Waals surface area contributed by atoms with Crippen LogP contribution in [0.3, 0.4) is 0 Å². The number of methoxy groups -OCH3 is 2. The Labute approximate surface area is 159 Å². The van der Waals surface area contributed by atoms with Crippen molar-refractivity contribution in [3.05, 3.63) is 17.7 Å². The van der Waals surface area contributed by atoms with Gasteiger partial charge in [0.25, 0.3) is 17.7 Å². The Morgan fingerprint density at radius 1 is 1.29 bits per heavy atom. The van der Waals surface area contributed by atoms with Crippen molar-refractivity contribution in [2.75, 3.05) is 20.8 Å². The second-order valence-corrected chi connectivity index (χ2v) is 6.85. The maximum absolute atomic E-state index is 13.7. The molecular formula is C15H15F5N2O5S. The first kappa shape index (κ1) is 22.0. The summed E-state index contributed by atoms with van der Waals surface area (Å²) >= 11 is -0.576. The zero-order valence-electron chi connectivity index (χ0n) is 14.5. The number of hydrogen-bond acceptors (Lipinski definition) is 6. The van der Waals surface area contributed by atoms with Gasteiger partial charge >= 0.3 is 5.51 Å². The van der Waals surface area contributed by atoms with Gasteiger partial charge in [0.15, 0.2) is 11.5 Å². The number of rotatable bonds is 5. The third-order valence-electron chi connectivity index (χ3n) is 3.86. The predicted octanol–water partition coefficient (Wildman–Crippen LogP) is 2.67. The molecule has 2 N–H and O–H groups in total. The van der Waals surface area contributed by atoms with Gasteiger partial charge in [0.05, 0.1) is 25.7 Å². The van der Waals surface area contributed by atoms with E-state index in [0.29, 0.717) is 4.90 Å². The van der Waals surface area contributed by atoms with E-state index in [4.69, 9.17) is 14.7 Å². The molecule has 1 aromatic rings. The minimum absolute atomic E-state index is 0.228. The summed E-state index contributed by atoms with van der Waals surface area (Å²) in [7, 11) is 2.22. The number of benzene rings is 1. The molecule has 0 radical (unpaired) electrons. The Bertz CT molecular complexity index is 774. The predicted molar refractivity (Wildman–Crippen MR) is 85.8 cm³/mol. The minimum Gasteiger partial charge on any atom is -0.493 e. The topological polar surface area (TPSA) is 88.1 Å². The van der Waals surface area contributed by atoms with Crippen LogP contribution in [0, 0.1) is 0 Å². The van der Waals surface area contributed by atoms with Crippen molar-refractivity contribution >= 4 is 23.6 Å². The molecule has 0 aliphatic carbocycles. The molecule has 0 saturated carbocycles. The van der Waals surface area contributed by atoms with E-state index in [2.05, 4.69) is 0 Å². The van der Waals surface area contributed by atoms with Gasteiger partial charge in [-0.3, -0.25) is 14.8 Å². The minimum atomic E-state index is -4.72. The number of hydroxylamine groups is 1. The van der Waals surface area contributed by atoms with Crippen LogP contribution in [0.5, 0.6) is 11.5 Å². The highest BCUT2D eigenvalue weighted by molar-refractivity contribution is 8.00. The fraction of sp³-hybridized carbons (Fsp3) is 0.467. The lowest BCUT2D eigenvalue weighted by Crippen LogP contribution is -2.45. The molecule has 1 aliphatic heterocycles.